The normalized spacial score (nSPS) is 22.2. The zero-order valence-electron chi connectivity index (χ0n) is 9.36. The first-order chi connectivity index (χ1) is 7.20. The minimum absolute atomic E-state index is 0.343. The number of hydrogen-bond acceptors (Lipinski definition) is 2. The second-order valence-electron chi connectivity index (χ2n) is 4.23. The van der Waals surface area contributed by atoms with Crippen molar-refractivity contribution in [3.05, 3.63) is 29.3 Å². The number of hydrogen-bond donors (Lipinski definition) is 1. The van der Waals surface area contributed by atoms with Gasteiger partial charge in [-0.1, -0.05) is 19.1 Å². The molecule has 1 heterocycles. The fraction of sp³-hybridized carbons (Fsp3) is 0.538. The summed E-state index contributed by atoms with van der Waals surface area (Å²) in [5, 5.41) is 10.3. The van der Waals surface area contributed by atoms with Crippen LogP contribution in [0.4, 0.5) is 0 Å². The summed E-state index contributed by atoms with van der Waals surface area (Å²) in [6.07, 6.45) is 3.35. The zero-order chi connectivity index (χ0) is 10.8. The van der Waals surface area contributed by atoms with Crippen LogP contribution in [0.1, 0.15) is 43.9 Å². The Hall–Kier alpha value is -0.470. The van der Waals surface area contributed by atoms with E-state index in [1.165, 1.54) is 29.7 Å². The fourth-order valence-corrected chi connectivity index (χ4v) is 3.23. The lowest BCUT2D eigenvalue weighted by atomic mass is 10.0. The van der Waals surface area contributed by atoms with Crippen LogP contribution in [0, 0.1) is 0 Å². The summed E-state index contributed by atoms with van der Waals surface area (Å²) < 4.78 is 0. The lowest BCUT2D eigenvalue weighted by Gasteiger charge is -2.23. The number of aliphatic hydroxyl groups excluding tert-OH is 1. The number of aryl methyl sites for hydroxylation is 1. The Morgan fingerprint density at radius 1 is 1.53 bits per heavy atom. The summed E-state index contributed by atoms with van der Waals surface area (Å²) in [5.41, 5.74) is 2.47. The van der Waals surface area contributed by atoms with Crippen molar-refractivity contribution in [1.29, 1.82) is 0 Å². The molecule has 0 aromatic heterocycles. The molecule has 1 aliphatic rings. The predicted octanol–water partition coefficient (Wildman–Crippen LogP) is 3.56. The average molecular weight is 222 g/mol. The van der Waals surface area contributed by atoms with Gasteiger partial charge in [-0.25, -0.2) is 0 Å². The molecule has 2 atom stereocenters. The molecule has 0 saturated heterocycles. The van der Waals surface area contributed by atoms with Gasteiger partial charge in [-0.15, -0.1) is 11.8 Å². The van der Waals surface area contributed by atoms with Gasteiger partial charge in [-0.3, -0.25) is 0 Å². The Morgan fingerprint density at radius 2 is 2.33 bits per heavy atom. The number of rotatable bonds is 2. The highest BCUT2D eigenvalue weighted by molar-refractivity contribution is 8.00. The zero-order valence-corrected chi connectivity index (χ0v) is 10.2. The molecule has 2 rings (SSSR count). The van der Waals surface area contributed by atoms with Crippen LogP contribution in [0.15, 0.2) is 23.1 Å². The van der Waals surface area contributed by atoms with Gasteiger partial charge in [0.25, 0.3) is 0 Å². The molecule has 2 heteroatoms. The van der Waals surface area contributed by atoms with E-state index in [0.29, 0.717) is 0 Å². The third kappa shape index (κ3) is 2.37. The average Bonchev–Trinajstić information content (AvgIpc) is 2.27. The fourth-order valence-electron chi connectivity index (χ4n) is 2.01. The summed E-state index contributed by atoms with van der Waals surface area (Å²) in [6.45, 7) is 4.08. The Kier molecular flexibility index (Phi) is 3.37. The molecule has 0 fully saturated rings. The van der Waals surface area contributed by atoms with E-state index >= 15 is 0 Å². The third-order valence-electron chi connectivity index (χ3n) is 3.05. The highest BCUT2D eigenvalue weighted by Gasteiger charge is 2.18. The maximum absolute atomic E-state index is 9.52. The van der Waals surface area contributed by atoms with Crippen LogP contribution < -0.4 is 0 Å². The van der Waals surface area contributed by atoms with Gasteiger partial charge in [-0.2, -0.15) is 0 Å². The van der Waals surface area contributed by atoms with E-state index in [0.717, 1.165) is 10.8 Å². The van der Waals surface area contributed by atoms with Gasteiger partial charge in [0.15, 0.2) is 0 Å². The van der Waals surface area contributed by atoms with Crippen LogP contribution in [0.2, 0.25) is 0 Å². The first-order valence-corrected chi connectivity index (χ1v) is 6.56. The minimum atomic E-state index is -0.343. The van der Waals surface area contributed by atoms with Crippen LogP contribution in [0.25, 0.3) is 0 Å². The molecular weight excluding hydrogens is 204 g/mol. The lowest BCUT2D eigenvalue weighted by Crippen LogP contribution is -2.10. The van der Waals surface area contributed by atoms with Crippen molar-refractivity contribution in [2.75, 3.05) is 0 Å². The number of aliphatic hydroxyl groups is 1. The van der Waals surface area contributed by atoms with Gasteiger partial charge in [0.05, 0.1) is 6.10 Å². The summed E-state index contributed by atoms with van der Waals surface area (Å²) >= 11 is 2.00. The van der Waals surface area contributed by atoms with Gasteiger partial charge in [-0.05, 0) is 43.4 Å². The molecule has 1 N–H and O–H groups in total. The van der Waals surface area contributed by atoms with Crippen molar-refractivity contribution >= 4 is 11.8 Å². The summed E-state index contributed by atoms with van der Waals surface area (Å²) in [4.78, 5) is 1.41. The molecule has 1 aliphatic heterocycles. The van der Waals surface area contributed by atoms with Crippen LogP contribution >= 0.6 is 11.8 Å². The second kappa shape index (κ2) is 4.58. The molecule has 0 amide bonds. The largest absolute Gasteiger partial charge is 0.389 e. The lowest BCUT2D eigenvalue weighted by molar-refractivity contribution is 0.199. The molecule has 0 unspecified atom stereocenters. The van der Waals surface area contributed by atoms with E-state index in [1.54, 1.807) is 0 Å². The second-order valence-corrected chi connectivity index (χ2v) is 5.57. The highest BCUT2D eigenvalue weighted by Crippen LogP contribution is 2.37. The Balaban J connectivity index is 2.24. The minimum Gasteiger partial charge on any atom is -0.389 e. The summed E-state index contributed by atoms with van der Waals surface area (Å²) in [7, 11) is 0. The SMILES string of the molecule is CC[C@@H]1CCc2cc([C@H](C)O)ccc2S1. The summed E-state index contributed by atoms with van der Waals surface area (Å²) in [6, 6.07) is 6.39. The van der Waals surface area contributed by atoms with E-state index in [1.807, 2.05) is 18.7 Å². The van der Waals surface area contributed by atoms with Crippen LogP contribution in [0.3, 0.4) is 0 Å². The molecule has 15 heavy (non-hydrogen) atoms. The Bertz CT molecular complexity index is 346. The van der Waals surface area contributed by atoms with Crippen LogP contribution in [0.5, 0.6) is 0 Å². The van der Waals surface area contributed by atoms with E-state index < -0.39 is 0 Å². The molecule has 0 radical (unpaired) electrons. The molecule has 1 nitrogen and oxygen atoms in total. The molecule has 0 saturated carbocycles. The maximum atomic E-state index is 9.52. The number of thioether (sulfide) groups is 1. The van der Waals surface area contributed by atoms with Crippen molar-refractivity contribution < 1.29 is 5.11 Å². The standard InChI is InChI=1S/C13H18OS/c1-3-12-6-4-11-8-10(9(2)14)5-7-13(11)15-12/h5,7-9,12,14H,3-4,6H2,1-2H3/t9-,12+/m0/s1. The predicted molar refractivity (Wildman–Crippen MR) is 65.3 cm³/mol. The smallest absolute Gasteiger partial charge is 0.0762 e. The molecule has 1 aromatic carbocycles. The quantitative estimate of drug-likeness (QED) is 0.825. The Morgan fingerprint density at radius 3 is 3.00 bits per heavy atom. The van der Waals surface area contributed by atoms with Crippen molar-refractivity contribution in [2.24, 2.45) is 0 Å². The van der Waals surface area contributed by atoms with Crippen molar-refractivity contribution in [2.45, 2.75) is 49.4 Å². The number of benzene rings is 1. The van der Waals surface area contributed by atoms with E-state index in [9.17, 15) is 5.11 Å². The monoisotopic (exact) mass is 222 g/mol. The third-order valence-corrected chi connectivity index (χ3v) is 4.61. The molecule has 1 aromatic rings. The van der Waals surface area contributed by atoms with Crippen LogP contribution in [-0.2, 0) is 6.42 Å². The van der Waals surface area contributed by atoms with Crippen molar-refractivity contribution in [3.63, 3.8) is 0 Å². The topological polar surface area (TPSA) is 20.2 Å². The van der Waals surface area contributed by atoms with Gasteiger partial charge in [0, 0.05) is 10.1 Å². The van der Waals surface area contributed by atoms with E-state index in [2.05, 4.69) is 25.1 Å². The summed E-state index contributed by atoms with van der Waals surface area (Å²) in [5.74, 6) is 0. The molecule has 82 valence electrons. The van der Waals surface area contributed by atoms with Gasteiger partial charge in [0.1, 0.15) is 0 Å². The maximum Gasteiger partial charge on any atom is 0.0762 e. The highest BCUT2D eigenvalue weighted by atomic mass is 32.2. The van der Waals surface area contributed by atoms with E-state index in [-0.39, 0.29) is 6.10 Å². The van der Waals surface area contributed by atoms with Crippen LogP contribution in [-0.4, -0.2) is 10.4 Å². The first-order valence-electron chi connectivity index (χ1n) is 5.68. The Labute approximate surface area is 95.9 Å². The first kappa shape index (κ1) is 11.0. The number of fused-ring (bicyclic) bond motifs is 1. The van der Waals surface area contributed by atoms with Gasteiger partial charge < -0.3 is 5.11 Å². The van der Waals surface area contributed by atoms with Crippen molar-refractivity contribution in [1.82, 2.24) is 0 Å². The molecule has 0 spiro atoms. The molecular formula is C13H18OS. The van der Waals surface area contributed by atoms with Crippen molar-refractivity contribution in [3.8, 4) is 0 Å². The van der Waals surface area contributed by atoms with Gasteiger partial charge in [0.2, 0.25) is 0 Å². The molecule has 0 bridgehead atoms. The van der Waals surface area contributed by atoms with Gasteiger partial charge >= 0.3 is 0 Å². The molecule has 0 aliphatic carbocycles. The van der Waals surface area contributed by atoms with E-state index in [4.69, 9.17) is 0 Å².